The maximum absolute atomic E-state index is 13.9. The van der Waals surface area contributed by atoms with Gasteiger partial charge < -0.3 is 25.6 Å². The van der Waals surface area contributed by atoms with Crippen molar-refractivity contribution in [3.8, 4) is 11.1 Å². The van der Waals surface area contributed by atoms with Gasteiger partial charge in [0.2, 0.25) is 11.8 Å². The normalized spacial score (nSPS) is 20.1. The summed E-state index contributed by atoms with van der Waals surface area (Å²) in [6.07, 6.45) is 1.35. The highest BCUT2D eigenvalue weighted by Crippen LogP contribution is 2.30. The van der Waals surface area contributed by atoms with Crippen LogP contribution in [0.2, 0.25) is 0 Å². The molecule has 3 amide bonds. The van der Waals surface area contributed by atoms with Crippen molar-refractivity contribution in [1.29, 1.82) is 0 Å². The van der Waals surface area contributed by atoms with Gasteiger partial charge in [0.15, 0.2) is 0 Å². The van der Waals surface area contributed by atoms with E-state index in [0.29, 0.717) is 31.5 Å². The van der Waals surface area contributed by atoms with Gasteiger partial charge in [-0.05, 0) is 61.1 Å². The van der Waals surface area contributed by atoms with Crippen LogP contribution in [0.1, 0.15) is 54.6 Å². The van der Waals surface area contributed by atoms with Crippen molar-refractivity contribution in [2.75, 3.05) is 24.6 Å². The van der Waals surface area contributed by atoms with Crippen LogP contribution in [0, 0.1) is 0 Å². The highest BCUT2D eigenvalue weighted by molar-refractivity contribution is 6.01. The van der Waals surface area contributed by atoms with Crippen molar-refractivity contribution < 1.29 is 23.9 Å². The zero-order valence-corrected chi connectivity index (χ0v) is 24.7. The van der Waals surface area contributed by atoms with Crippen molar-refractivity contribution in [3.63, 3.8) is 0 Å². The Morgan fingerprint density at radius 1 is 0.837 bits per heavy atom. The number of carbonyl (C=O) groups excluding carboxylic acids is 4. The Bertz CT molecular complexity index is 1500. The average Bonchev–Trinajstić information content (AvgIpc) is 3.11. The SMILES string of the molecule is CC1(C)CC(=O)N[C@@H]2CCc3ccccc3N(Cc3ccc(cc3)-c3ccccc3C(=O)NCCC(=O)OCCN1)C2=O. The Morgan fingerprint density at radius 3 is 2.35 bits per heavy atom. The summed E-state index contributed by atoms with van der Waals surface area (Å²) in [4.78, 5) is 54.1. The molecule has 3 N–H and O–H groups in total. The number of nitrogens with zero attached hydrogens (tertiary/aromatic N) is 1. The second-order valence-corrected chi connectivity index (χ2v) is 11.7. The third-order valence-corrected chi connectivity index (χ3v) is 7.85. The van der Waals surface area contributed by atoms with E-state index in [1.807, 2.05) is 74.5 Å². The lowest BCUT2D eigenvalue weighted by molar-refractivity contribution is -0.143. The molecule has 0 fully saturated rings. The van der Waals surface area contributed by atoms with E-state index in [1.54, 1.807) is 17.0 Å². The average molecular weight is 583 g/mol. The molecule has 3 aliphatic heterocycles. The molecule has 4 bridgehead atoms. The number of esters is 1. The number of rotatable bonds is 0. The minimum absolute atomic E-state index is 0.0451. The lowest BCUT2D eigenvalue weighted by Gasteiger charge is -2.29. The van der Waals surface area contributed by atoms with Crippen molar-refractivity contribution in [3.05, 3.63) is 89.5 Å². The highest BCUT2D eigenvalue weighted by atomic mass is 16.5. The molecule has 0 saturated heterocycles. The van der Waals surface area contributed by atoms with Gasteiger partial charge in [-0.1, -0.05) is 60.7 Å². The van der Waals surface area contributed by atoms with Gasteiger partial charge in [-0.2, -0.15) is 0 Å². The standard InChI is InChI=1S/C34H38N4O5/c1-34(2)21-30(39)37-28-16-15-25-7-3-6-10-29(25)38(33(28)42)22-23-11-13-24(14-12-23)26-8-4-5-9-27(26)32(41)35-18-17-31(40)43-20-19-36-34/h3-14,28,36H,15-22H2,1-2H3,(H,35,41)(H,37,39)/t28-/m1/s1. The lowest BCUT2D eigenvalue weighted by Crippen LogP contribution is -2.51. The number of hydrogen-bond donors (Lipinski definition) is 3. The number of fused-ring (bicyclic) bond motifs is 15. The number of amides is 3. The molecule has 0 radical (unpaired) electrons. The number of para-hydroxylation sites is 1. The minimum atomic E-state index is -0.664. The molecular formula is C34H38N4O5. The number of ether oxygens (including phenoxy) is 1. The predicted molar refractivity (Wildman–Crippen MR) is 164 cm³/mol. The molecule has 3 heterocycles. The van der Waals surface area contributed by atoms with Gasteiger partial charge in [-0.25, -0.2) is 0 Å². The number of anilines is 1. The van der Waals surface area contributed by atoms with E-state index < -0.39 is 17.6 Å². The number of benzene rings is 3. The van der Waals surface area contributed by atoms with Gasteiger partial charge >= 0.3 is 5.97 Å². The van der Waals surface area contributed by atoms with Gasteiger partial charge in [-0.15, -0.1) is 0 Å². The Hall–Kier alpha value is -4.50. The molecule has 0 unspecified atom stereocenters. The molecule has 9 nitrogen and oxygen atoms in total. The molecule has 3 aromatic rings. The second-order valence-electron chi connectivity index (χ2n) is 11.7. The molecule has 0 aliphatic carbocycles. The summed E-state index contributed by atoms with van der Waals surface area (Å²) in [6.45, 7) is 4.76. The monoisotopic (exact) mass is 582 g/mol. The van der Waals surface area contributed by atoms with Crippen LogP contribution in [0.4, 0.5) is 5.69 Å². The molecule has 224 valence electrons. The van der Waals surface area contributed by atoms with Crippen LogP contribution in [0.15, 0.2) is 72.8 Å². The van der Waals surface area contributed by atoms with Gasteiger partial charge in [0, 0.05) is 36.3 Å². The molecule has 3 aliphatic rings. The molecule has 43 heavy (non-hydrogen) atoms. The number of nitrogens with one attached hydrogen (secondary N) is 3. The zero-order valence-electron chi connectivity index (χ0n) is 24.7. The van der Waals surface area contributed by atoms with E-state index in [0.717, 1.165) is 27.9 Å². The second kappa shape index (κ2) is 13.2. The molecule has 0 aromatic heterocycles. The summed E-state index contributed by atoms with van der Waals surface area (Å²) >= 11 is 0. The first-order valence-electron chi connectivity index (χ1n) is 14.8. The van der Waals surface area contributed by atoms with Crippen LogP contribution in [0.3, 0.4) is 0 Å². The van der Waals surface area contributed by atoms with E-state index >= 15 is 0 Å². The fourth-order valence-electron chi connectivity index (χ4n) is 5.63. The van der Waals surface area contributed by atoms with Crippen molar-refractivity contribution >= 4 is 29.4 Å². The van der Waals surface area contributed by atoms with Gasteiger partial charge in [0.25, 0.3) is 5.91 Å². The summed E-state index contributed by atoms with van der Waals surface area (Å²) in [7, 11) is 0. The van der Waals surface area contributed by atoms with Crippen molar-refractivity contribution in [2.45, 2.75) is 57.7 Å². The van der Waals surface area contributed by atoms with Crippen LogP contribution in [0.5, 0.6) is 0 Å². The van der Waals surface area contributed by atoms with Crippen LogP contribution in [-0.2, 0) is 32.1 Å². The van der Waals surface area contributed by atoms with E-state index in [2.05, 4.69) is 16.0 Å². The van der Waals surface area contributed by atoms with Gasteiger partial charge in [0.1, 0.15) is 12.6 Å². The largest absolute Gasteiger partial charge is 0.464 e. The summed E-state index contributed by atoms with van der Waals surface area (Å²) in [6, 6.07) is 22.3. The molecule has 6 rings (SSSR count). The molecule has 3 aromatic carbocycles. The number of aryl methyl sites for hydroxylation is 1. The predicted octanol–water partition coefficient (Wildman–Crippen LogP) is 3.75. The lowest BCUT2D eigenvalue weighted by atomic mass is 9.98. The molecule has 0 spiro atoms. The Balaban J connectivity index is 1.46. The first-order valence-corrected chi connectivity index (χ1v) is 14.8. The van der Waals surface area contributed by atoms with E-state index in [4.69, 9.17) is 4.74 Å². The third kappa shape index (κ3) is 7.48. The van der Waals surface area contributed by atoms with E-state index in [1.165, 1.54) is 0 Å². The number of carbonyl (C=O) groups is 4. The summed E-state index contributed by atoms with van der Waals surface area (Å²) in [5.74, 6) is -1.07. The van der Waals surface area contributed by atoms with Crippen LogP contribution >= 0.6 is 0 Å². The summed E-state index contributed by atoms with van der Waals surface area (Å²) in [5, 5.41) is 9.08. The fourth-order valence-corrected chi connectivity index (χ4v) is 5.63. The Morgan fingerprint density at radius 2 is 1.56 bits per heavy atom. The molecule has 1 atom stereocenters. The quantitative estimate of drug-likeness (QED) is 0.348. The Labute approximate surface area is 252 Å². The first kappa shape index (κ1) is 30.0. The first-order chi connectivity index (χ1) is 20.7. The summed E-state index contributed by atoms with van der Waals surface area (Å²) < 4.78 is 5.32. The van der Waals surface area contributed by atoms with Gasteiger partial charge in [0.05, 0.1) is 13.0 Å². The van der Waals surface area contributed by atoms with Crippen LogP contribution in [-0.4, -0.2) is 55.0 Å². The highest BCUT2D eigenvalue weighted by Gasteiger charge is 2.32. The maximum Gasteiger partial charge on any atom is 0.307 e. The number of hydrogen-bond acceptors (Lipinski definition) is 6. The van der Waals surface area contributed by atoms with Crippen LogP contribution < -0.4 is 20.9 Å². The topological polar surface area (TPSA) is 117 Å². The maximum atomic E-state index is 13.9. The minimum Gasteiger partial charge on any atom is -0.464 e. The molecule has 0 saturated carbocycles. The Kier molecular flexibility index (Phi) is 9.21. The van der Waals surface area contributed by atoms with Crippen molar-refractivity contribution in [1.82, 2.24) is 16.0 Å². The third-order valence-electron chi connectivity index (χ3n) is 7.85. The van der Waals surface area contributed by atoms with E-state index in [9.17, 15) is 19.2 Å². The summed E-state index contributed by atoms with van der Waals surface area (Å²) in [5.41, 5.74) is 4.35. The van der Waals surface area contributed by atoms with E-state index in [-0.39, 0.29) is 43.7 Å². The van der Waals surface area contributed by atoms with Gasteiger partial charge in [-0.3, -0.25) is 19.2 Å². The molecular weight excluding hydrogens is 544 g/mol. The zero-order chi connectivity index (χ0) is 30.4. The smallest absolute Gasteiger partial charge is 0.307 e. The van der Waals surface area contributed by atoms with Crippen molar-refractivity contribution in [2.24, 2.45) is 0 Å². The fraction of sp³-hybridized carbons (Fsp3) is 0.353. The van der Waals surface area contributed by atoms with Crippen LogP contribution in [0.25, 0.3) is 11.1 Å². The molecule has 9 heteroatoms.